The lowest BCUT2D eigenvalue weighted by Gasteiger charge is -2.19. The monoisotopic (exact) mass is 394 g/mol. The number of hydrogen-bond donors (Lipinski definition) is 1. The van der Waals surface area contributed by atoms with E-state index in [1.165, 1.54) is 11.3 Å². The molecular formula is C20H22N6OS. The Balaban J connectivity index is 1.63. The lowest BCUT2D eigenvalue weighted by molar-refractivity contribution is 0.0933. The topological polar surface area (TPSA) is 77.1 Å². The highest BCUT2D eigenvalue weighted by molar-refractivity contribution is 7.16. The van der Waals surface area contributed by atoms with Gasteiger partial charge in [-0.25, -0.2) is 4.98 Å². The molecule has 4 aromatic rings. The van der Waals surface area contributed by atoms with Gasteiger partial charge in [0.1, 0.15) is 4.88 Å². The summed E-state index contributed by atoms with van der Waals surface area (Å²) in [4.78, 5) is 18.2. The summed E-state index contributed by atoms with van der Waals surface area (Å²) in [5.41, 5.74) is 1.49. The molecule has 1 unspecified atom stereocenters. The maximum atomic E-state index is 13.1. The second kappa shape index (κ2) is 7.55. The quantitative estimate of drug-likeness (QED) is 0.540. The molecule has 0 aliphatic rings. The Bertz CT molecular complexity index is 1100. The van der Waals surface area contributed by atoms with Gasteiger partial charge in [-0.15, -0.1) is 10.2 Å². The molecule has 0 saturated carbocycles. The summed E-state index contributed by atoms with van der Waals surface area (Å²) in [5, 5.41) is 12.5. The molecule has 1 atom stereocenters. The van der Waals surface area contributed by atoms with Crippen molar-refractivity contribution in [3.63, 3.8) is 0 Å². The van der Waals surface area contributed by atoms with Gasteiger partial charge >= 0.3 is 0 Å². The van der Waals surface area contributed by atoms with E-state index in [2.05, 4.69) is 34.3 Å². The van der Waals surface area contributed by atoms with Gasteiger partial charge in [-0.2, -0.15) is 0 Å². The highest BCUT2D eigenvalue weighted by Crippen LogP contribution is 2.25. The molecule has 0 radical (unpaired) electrons. The Labute approximate surface area is 167 Å². The number of thiazole rings is 1. The van der Waals surface area contributed by atoms with Crippen LogP contribution in [-0.4, -0.2) is 30.1 Å². The number of nitrogens with one attached hydrogen (secondary N) is 1. The summed E-state index contributed by atoms with van der Waals surface area (Å²) in [6.45, 7) is 6.12. The van der Waals surface area contributed by atoms with E-state index >= 15 is 0 Å². The van der Waals surface area contributed by atoms with Crippen molar-refractivity contribution in [2.45, 2.75) is 33.2 Å². The number of pyridine rings is 1. The molecule has 1 amide bonds. The zero-order valence-corrected chi connectivity index (χ0v) is 16.8. The third kappa shape index (κ3) is 3.55. The van der Waals surface area contributed by atoms with Crippen LogP contribution >= 0.6 is 11.3 Å². The van der Waals surface area contributed by atoms with Crippen LogP contribution in [0.4, 0.5) is 0 Å². The average molecular weight is 395 g/mol. The number of nitrogens with zero attached hydrogens (tertiary/aromatic N) is 5. The second-order valence-corrected chi connectivity index (χ2v) is 8.12. The van der Waals surface area contributed by atoms with E-state index in [4.69, 9.17) is 0 Å². The maximum absolute atomic E-state index is 13.1. The molecule has 1 N–H and O–H groups in total. The molecule has 0 aliphatic heterocycles. The van der Waals surface area contributed by atoms with Crippen LogP contribution in [0, 0.1) is 12.8 Å². The number of carbonyl (C=O) groups is 1. The van der Waals surface area contributed by atoms with E-state index in [0.29, 0.717) is 10.8 Å². The van der Waals surface area contributed by atoms with Crippen LogP contribution in [0.3, 0.4) is 0 Å². The Kier molecular flexibility index (Phi) is 4.95. The molecule has 0 spiro atoms. The smallest absolute Gasteiger partial charge is 0.263 e. The Morgan fingerprint density at radius 2 is 1.89 bits per heavy atom. The minimum atomic E-state index is -0.235. The van der Waals surface area contributed by atoms with Gasteiger partial charge in [-0.1, -0.05) is 31.3 Å². The van der Waals surface area contributed by atoms with Gasteiger partial charge in [0, 0.05) is 18.6 Å². The zero-order valence-electron chi connectivity index (χ0n) is 16.0. The minimum Gasteiger partial charge on any atom is -0.341 e. The summed E-state index contributed by atoms with van der Waals surface area (Å²) in [5.74, 6) is 0.997. The molecule has 4 rings (SSSR count). The lowest BCUT2D eigenvalue weighted by Crippen LogP contribution is -2.30. The fourth-order valence-electron chi connectivity index (χ4n) is 3.19. The van der Waals surface area contributed by atoms with Gasteiger partial charge in [-0.3, -0.25) is 9.20 Å². The van der Waals surface area contributed by atoms with Gasteiger partial charge in [0.2, 0.25) is 0 Å². The third-order valence-electron chi connectivity index (χ3n) is 4.48. The third-order valence-corrected chi connectivity index (χ3v) is 5.65. The van der Waals surface area contributed by atoms with E-state index < -0.39 is 0 Å². The molecule has 7 nitrogen and oxygen atoms in total. The fourth-order valence-corrected chi connectivity index (χ4v) is 4.12. The predicted molar refractivity (Wildman–Crippen MR) is 109 cm³/mol. The highest BCUT2D eigenvalue weighted by Gasteiger charge is 2.24. The van der Waals surface area contributed by atoms with Gasteiger partial charge in [0.25, 0.3) is 5.91 Å². The number of aryl methyl sites for hydroxylation is 1. The van der Waals surface area contributed by atoms with Crippen molar-refractivity contribution < 1.29 is 4.79 Å². The summed E-state index contributed by atoms with van der Waals surface area (Å²) in [6, 6.07) is 9.40. The number of hydrogen-bond acceptors (Lipinski definition) is 5. The maximum Gasteiger partial charge on any atom is 0.263 e. The van der Waals surface area contributed by atoms with E-state index in [-0.39, 0.29) is 11.9 Å². The molecule has 0 bridgehead atoms. The summed E-state index contributed by atoms with van der Waals surface area (Å²) in [7, 11) is 0. The van der Waals surface area contributed by atoms with Crippen molar-refractivity contribution in [2.75, 3.05) is 0 Å². The first-order valence-electron chi connectivity index (χ1n) is 9.24. The van der Waals surface area contributed by atoms with Crippen LogP contribution in [0.15, 0.2) is 48.9 Å². The highest BCUT2D eigenvalue weighted by atomic mass is 32.1. The standard InChI is InChI=1S/C20H22N6OS/c1-13(2)12-15(18-24-23-16-8-4-5-11-26(16)18)22-19(27)17-14(3)21-20(28-17)25-9-6-7-10-25/h4-11,13,15H,12H2,1-3H3,(H,22,27). The SMILES string of the molecule is Cc1nc(-n2cccc2)sc1C(=O)NC(CC(C)C)c1nnc2ccccn12. The summed E-state index contributed by atoms with van der Waals surface area (Å²) >= 11 is 1.38. The van der Waals surface area contributed by atoms with Gasteiger partial charge in [-0.05, 0) is 43.5 Å². The van der Waals surface area contributed by atoms with Crippen molar-refractivity contribution in [1.29, 1.82) is 0 Å². The minimum absolute atomic E-state index is 0.133. The lowest BCUT2D eigenvalue weighted by atomic mass is 10.0. The van der Waals surface area contributed by atoms with E-state index in [1.807, 2.05) is 64.8 Å². The van der Waals surface area contributed by atoms with E-state index in [9.17, 15) is 4.79 Å². The molecule has 144 valence electrons. The summed E-state index contributed by atoms with van der Waals surface area (Å²) < 4.78 is 3.84. The Morgan fingerprint density at radius 1 is 1.14 bits per heavy atom. The van der Waals surface area contributed by atoms with E-state index in [0.717, 1.165) is 28.7 Å². The number of rotatable bonds is 6. The molecule has 4 heterocycles. The van der Waals surface area contributed by atoms with Crippen molar-refractivity contribution >= 4 is 22.9 Å². The normalized spacial score (nSPS) is 12.6. The molecule has 0 aliphatic carbocycles. The Hall–Kier alpha value is -3.00. The van der Waals surface area contributed by atoms with Crippen LogP contribution in [0.5, 0.6) is 0 Å². The fraction of sp³-hybridized carbons (Fsp3) is 0.300. The van der Waals surface area contributed by atoms with Crippen molar-refractivity contribution in [3.8, 4) is 5.13 Å². The number of amides is 1. The number of carbonyl (C=O) groups excluding carboxylic acids is 1. The van der Waals surface area contributed by atoms with Crippen LogP contribution in [-0.2, 0) is 0 Å². The van der Waals surface area contributed by atoms with Crippen molar-refractivity contribution in [2.24, 2.45) is 5.92 Å². The molecule has 8 heteroatoms. The molecule has 0 aromatic carbocycles. The number of fused-ring (bicyclic) bond motifs is 1. The summed E-state index contributed by atoms with van der Waals surface area (Å²) in [6.07, 6.45) is 6.53. The van der Waals surface area contributed by atoms with Crippen molar-refractivity contribution in [1.82, 2.24) is 29.5 Å². The van der Waals surface area contributed by atoms with Gasteiger partial charge in [0.15, 0.2) is 16.6 Å². The first-order chi connectivity index (χ1) is 13.5. The van der Waals surface area contributed by atoms with E-state index in [1.54, 1.807) is 0 Å². The Morgan fingerprint density at radius 3 is 2.64 bits per heavy atom. The zero-order chi connectivity index (χ0) is 19.7. The van der Waals surface area contributed by atoms with Crippen LogP contribution in [0.1, 0.15) is 47.5 Å². The van der Waals surface area contributed by atoms with Crippen LogP contribution in [0.2, 0.25) is 0 Å². The second-order valence-electron chi connectivity index (χ2n) is 7.14. The van der Waals surface area contributed by atoms with Crippen LogP contribution in [0.25, 0.3) is 10.8 Å². The number of aromatic nitrogens is 5. The molecule has 28 heavy (non-hydrogen) atoms. The van der Waals surface area contributed by atoms with Crippen molar-refractivity contribution in [3.05, 3.63) is 65.3 Å². The van der Waals surface area contributed by atoms with Gasteiger partial charge in [0.05, 0.1) is 11.7 Å². The molecular weight excluding hydrogens is 372 g/mol. The van der Waals surface area contributed by atoms with Gasteiger partial charge < -0.3 is 9.88 Å². The first kappa shape index (κ1) is 18.4. The average Bonchev–Trinajstić information content (AvgIpc) is 3.40. The molecule has 0 fully saturated rings. The van der Waals surface area contributed by atoms with Crippen LogP contribution < -0.4 is 5.32 Å². The first-order valence-corrected chi connectivity index (χ1v) is 10.1. The molecule has 4 aromatic heterocycles. The predicted octanol–water partition coefficient (Wildman–Crippen LogP) is 3.80. The molecule has 0 saturated heterocycles. The largest absolute Gasteiger partial charge is 0.341 e.